The molecule has 8 heteroatoms. The third-order valence-corrected chi connectivity index (χ3v) is 3.64. The van der Waals surface area contributed by atoms with E-state index in [0.717, 1.165) is 6.20 Å². The summed E-state index contributed by atoms with van der Waals surface area (Å²) in [5, 5.41) is 11.3. The van der Waals surface area contributed by atoms with Gasteiger partial charge in [-0.15, -0.1) is 0 Å². The molecule has 0 fully saturated rings. The minimum absolute atomic E-state index is 0.00498. The van der Waals surface area contributed by atoms with Gasteiger partial charge in [-0.1, -0.05) is 11.6 Å². The molecule has 0 aliphatic carbocycles. The first-order valence-electron chi connectivity index (χ1n) is 6.55. The zero-order valence-electron chi connectivity index (χ0n) is 12.4. The molecule has 0 aliphatic rings. The Kier molecular flexibility index (Phi) is 4.80. The summed E-state index contributed by atoms with van der Waals surface area (Å²) in [6.45, 7) is 1.50. The number of esters is 1. The number of ether oxygens (including phenoxy) is 1. The standard InChI is InChI=1S/C15H13ClN2O5/c1-9-5-12(18(21)22)8-17(14(9)19)7-11-6-10(15(20)23-2)3-4-13(11)16/h3-6,8H,7H2,1-2H3. The molecular formula is C15H13ClN2O5. The number of carbonyl (C=O) groups excluding carboxylic acids is 1. The SMILES string of the molecule is COC(=O)c1ccc(Cl)c(Cn2cc([N+](=O)[O-])cc(C)c2=O)c1. The third-order valence-electron chi connectivity index (χ3n) is 3.27. The Balaban J connectivity index is 2.49. The Morgan fingerprint density at radius 2 is 2.09 bits per heavy atom. The van der Waals surface area contributed by atoms with Gasteiger partial charge in [0.05, 0.1) is 30.3 Å². The Bertz CT molecular complexity index is 844. The maximum Gasteiger partial charge on any atom is 0.337 e. The van der Waals surface area contributed by atoms with Crippen molar-refractivity contribution < 1.29 is 14.5 Å². The quantitative estimate of drug-likeness (QED) is 0.486. The van der Waals surface area contributed by atoms with Crippen LogP contribution in [0, 0.1) is 17.0 Å². The van der Waals surface area contributed by atoms with E-state index in [9.17, 15) is 19.7 Å². The first-order valence-corrected chi connectivity index (χ1v) is 6.93. The van der Waals surface area contributed by atoms with E-state index in [2.05, 4.69) is 4.74 Å². The highest BCUT2D eigenvalue weighted by Crippen LogP contribution is 2.20. The molecule has 0 spiro atoms. The number of hydrogen-bond donors (Lipinski definition) is 0. The van der Waals surface area contributed by atoms with Gasteiger partial charge >= 0.3 is 5.97 Å². The van der Waals surface area contributed by atoms with Crippen LogP contribution < -0.4 is 5.56 Å². The van der Waals surface area contributed by atoms with E-state index in [1.165, 1.54) is 42.9 Å². The number of nitrogens with zero attached hydrogens (tertiary/aromatic N) is 2. The van der Waals surface area contributed by atoms with Gasteiger partial charge in [0, 0.05) is 16.7 Å². The van der Waals surface area contributed by atoms with Crippen LogP contribution in [0.4, 0.5) is 5.69 Å². The molecule has 0 amide bonds. The zero-order valence-corrected chi connectivity index (χ0v) is 13.2. The maximum absolute atomic E-state index is 12.1. The van der Waals surface area contributed by atoms with Crippen LogP contribution in [0.15, 0.2) is 35.3 Å². The van der Waals surface area contributed by atoms with Gasteiger partial charge in [-0.2, -0.15) is 0 Å². The largest absolute Gasteiger partial charge is 0.465 e. The van der Waals surface area contributed by atoms with Crippen LogP contribution in [-0.2, 0) is 11.3 Å². The van der Waals surface area contributed by atoms with Crippen LogP contribution >= 0.6 is 11.6 Å². The van der Waals surface area contributed by atoms with Crippen LogP contribution in [0.1, 0.15) is 21.5 Å². The van der Waals surface area contributed by atoms with Crippen molar-refractivity contribution in [1.82, 2.24) is 4.57 Å². The number of hydrogen-bond acceptors (Lipinski definition) is 5. The summed E-state index contributed by atoms with van der Waals surface area (Å²) < 4.78 is 5.83. The number of methoxy groups -OCH3 is 1. The van der Waals surface area contributed by atoms with Crippen LogP contribution in [0.3, 0.4) is 0 Å². The summed E-state index contributed by atoms with van der Waals surface area (Å²) in [4.78, 5) is 34.1. The molecule has 1 aromatic carbocycles. The minimum Gasteiger partial charge on any atom is -0.465 e. The lowest BCUT2D eigenvalue weighted by Gasteiger charge is -2.10. The van der Waals surface area contributed by atoms with Crippen molar-refractivity contribution in [1.29, 1.82) is 0 Å². The fraction of sp³-hybridized carbons (Fsp3) is 0.200. The molecule has 0 bridgehead atoms. The van der Waals surface area contributed by atoms with Crippen molar-refractivity contribution in [3.63, 3.8) is 0 Å². The number of rotatable bonds is 4. The van der Waals surface area contributed by atoms with Gasteiger partial charge in [0.15, 0.2) is 0 Å². The van der Waals surface area contributed by atoms with E-state index < -0.39 is 10.9 Å². The van der Waals surface area contributed by atoms with Crippen molar-refractivity contribution in [2.45, 2.75) is 13.5 Å². The third kappa shape index (κ3) is 3.57. The second-order valence-corrected chi connectivity index (χ2v) is 5.28. The molecule has 0 N–H and O–H groups in total. The van der Waals surface area contributed by atoms with Crippen molar-refractivity contribution in [2.75, 3.05) is 7.11 Å². The van der Waals surface area contributed by atoms with Crippen LogP contribution in [-0.4, -0.2) is 22.6 Å². The van der Waals surface area contributed by atoms with Gasteiger partial charge in [0.2, 0.25) is 0 Å². The Morgan fingerprint density at radius 3 is 2.70 bits per heavy atom. The lowest BCUT2D eigenvalue weighted by atomic mass is 10.1. The molecule has 7 nitrogen and oxygen atoms in total. The molecule has 0 aliphatic heterocycles. The first-order chi connectivity index (χ1) is 10.8. The van der Waals surface area contributed by atoms with E-state index in [4.69, 9.17) is 11.6 Å². The van der Waals surface area contributed by atoms with E-state index in [0.29, 0.717) is 10.6 Å². The summed E-state index contributed by atoms with van der Waals surface area (Å²) in [5.41, 5.74) is 0.454. The van der Waals surface area contributed by atoms with Gasteiger partial charge in [-0.3, -0.25) is 14.9 Å². The summed E-state index contributed by atoms with van der Waals surface area (Å²) in [6, 6.07) is 5.72. The summed E-state index contributed by atoms with van der Waals surface area (Å²) in [6.07, 6.45) is 1.15. The maximum atomic E-state index is 12.1. The van der Waals surface area contributed by atoms with E-state index >= 15 is 0 Å². The lowest BCUT2D eigenvalue weighted by Crippen LogP contribution is -2.23. The molecule has 23 heavy (non-hydrogen) atoms. The number of pyridine rings is 1. The fourth-order valence-corrected chi connectivity index (χ4v) is 2.28. The summed E-state index contributed by atoms with van der Waals surface area (Å²) in [5.74, 6) is -0.537. The molecule has 0 unspecified atom stereocenters. The van der Waals surface area contributed by atoms with Crippen LogP contribution in [0.25, 0.3) is 0 Å². The molecule has 0 saturated carbocycles. The molecule has 0 atom stereocenters. The highest BCUT2D eigenvalue weighted by molar-refractivity contribution is 6.31. The van der Waals surface area contributed by atoms with Gasteiger partial charge in [-0.25, -0.2) is 4.79 Å². The van der Waals surface area contributed by atoms with Crippen molar-refractivity contribution in [2.24, 2.45) is 0 Å². The fourth-order valence-electron chi connectivity index (χ4n) is 2.11. The number of aromatic nitrogens is 1. The number of halogens is 1. The van der Waals surface area contributed by atoms with Crippen molar-refractivity contribution in [3.8, 4) is 0 Å². The van der Waals surface area contributed by atoms with E-state index in [1.54, 1.807) is 0 Å². The number of nitro groups is 1. The van der Waals surface area contributed by atoms with Crippen molar-refractivity contribution >= 4 is 23.3 Å². The molecular weight excluding hydrogens is 324 g/mol. The molecule has 2 aromatic rings. The summed E-state index contributed by atoms with van der Waals surface area (Å²) >= 11 is 6.09. The molecule has 0 radical (unpaired) electrons. The summed E-state index contributed by atoms with van der Waals surface area (Å²) in [7, 11) is 1.25. The average Bonchev–Trinajstić information content (AvgIpc) is 2.52. The Morgan fingerprint density at radius 1 is 1.39 bits per heavy atom. The topological polar surface area (TPSA) is 91.4 Å². The lowest BCUT2D eigenvalue weighted by molar-refractivity contribution is -0.385. The highest BCUT2D eigenvalue weighted by atomic mass is 35.5. The molecule has 2 rings (SSSR count). The minimum atomic E-state index is -0.574. The predicted octanol–water partition coefficient (Wildman–Crippen LogP) is 2.55. The number of carbonyl (C=O) groups is 1. The van der Waals surface area contributed by atoms with Crippen LogP contribution in [0.5, 0.6) is 0 Å². The van der Waals surface area contributed by atoms with Gasteiger partial charge in [-0.05, 0) is 30.7 Å². The second kappa shape index (κ2) is 6.62. The molecule has 1 heterocycles. The Labute approximate surface area is 136 Å². The monoisotopic (exact) mass is 336 g/mol. The smallest absolute Gasteiger partial charge is 0.337 e. The second-order valence-electron chi connectivity index (χ2n) is 4.87. The predicted molar refractivity (Wildman–Crippen MR) is 84.0 cm³/mol. The van der Waals surface area contributed by atoms with Crippen molar-refractivity contribution in [3.05, 3.63) is 72.6 Å². The molecule has 120 valence electrons. The van der Waals surface area contributed by atoms with Gasteiger partial charge in [0.1, 0.15) is 0 Å². The van der Waals surface area contributed by atoms with E-state index in [-0.39, 0.29) is 28.9 Å². The molecule has 0 saturated heterocycles. The van der Waals surface area contributed by atoms with Gasteiger partial charge in [0.25, 0.3) is 11.2 Å². The number of benzene rings is 1. The normalized spacial score (nSPS) is 10.4. The van der Waals surface area contributed by atoms with Gasteiger partial charge < -0.3 is 9.30 Å². The molecule has 1 aromatic heterocycles. The zero-order chi connectivity index (χ0) is 17.1. The van der Waals surface area contributed by atoms with Crippen LogP contribution in [0.2, 0.25) is 5.02 Å². The average molecular weight is 337 g/mol. The highest BCUT2D eigenvalue weighted by Gasteiger charge is 2.14. The Hall–Kier alpha value is -2.67. The van der Waals surface area contributed by atoms with E-state index in [1.807, 2.05) is 0 Å². The number of aryl methyl sites for hydroxylation is 1. The first kappa shape index (κ1) is 16.7.